The van der Waals surface area contributed by atoms with Crippen molar-refractivity contribution >= 4 is 21.8 Å². The molecule has 2 rings (SSSR count). The van der Waals surface area contributed by atoms with Crippen molar-refractivity contribution in [1.29, 1.82) is 0 Å². The fourth-order valence-corrected chi connectivity index (χ4v) is 2.36. The molecule has 2 aromatic rings. The number of aryl methyl sites for hydroxylation is 1. The van der Waals surface area contributed by atoms with Crippen LogP contribution in [0, 0.1) is 12.7 Å². The number of rotatable bonds is 3. The van der Waals surface area contributed by atoms with Crippen LogP contribution in [0.3, 0.4) is 0 Å². The molecule has 0 bridgehead atoms. The number of halogens is 2. The molecule has 0 saturated carbocycles. The maximum absolute atomic E-state index is 13.2. The zero-order chi connectivity index (χ0) is 14.7. The molecule has 0 radical (unpaired) electrons. The van der Waals surface area contributed by atoms with Crippen molar-refractivity contribution in [2.45, 2.75) is 13.5 Å². The minimum Gasteiger partial charge on any atom is -0.337 e. The van der Waals surface area contributed by atoms with Gasteiger partial charge in [-0.15, -0.1) is 0 Å². The van der Waals surface area contributed by atoms with Gasteiger partial charge in [-0.05, 0) is 42.3 Å². The van der Waals surface area contributed by atoms with Crippen LogP contribution in [-0.4, -0.2) is 17.9 Å². The van der Waals surface area contributed by atoms with Crippen LogP contribution < -0.4 is 0 Å². The molecule has 1 amide bonds. The summed E-state index contributed by atoms with van der Waals surface area (Å²) < 4.78 is 14.2. The summed E-state index contributed by atoms with van der Waals surface area (Å²) in [6, 6.07) is 12.2. The summed E-state index contributed by atoms with van der Waals surface area (Å²) in [7, 11) is 1.74. The molecule has 2 nitrogen and oxygen atoms in total. The van der Waals surface area contributed by atoms with E-state index in [9.17, 15) is 9.18 Å². The van der Waals surface area contributed by atoms with E-state index in [1.54, 1.807) is 24.9 Å². The van der Waals surface area contributed by atoms with Crippen molar-refractivity contribution in [3.8, 4) is 0 Å². The smallest absolute Gasteiger partial charge is 0.253 e. The molecular weight excluding hydrogens is 321 g/mol. The zero-order valence-electron chi connectivity index (χ0n) is 11.4. The third-order valence-corrected chi connectivity index (χ3v) is 3.89. The van der Waals surface area contributed by atoms with E-state index in [0.717, 1.165) is 10.0 Å². The van der Waals surface area contributed by atoms with Gasteiger partial charge in [-0.3, -0.25) is 4.79 Å². The summed E-state index contributed by atoms with van der Waals surface area (Å²) in [4.78, 5) is 13.9. The Balaban J connectivity index is 2.16. The number of benzene rings is 2. The Morgan fingerprint density at radius 3 is 2.60 bits per heavy atom. The molecule has 0 N–H and O–H groups in total. The molecule has 0 atom stereocenters. The second kappa shape index (κ2) is 6.18. The van der Waals surface area contributed by atoms with Crippen LogP contribution in [0.15, 0.2) is 46.9 Å². The van der Waals surface area contributed by atoms with Crippen molar-refractivity contribution in [3.05, 3.63) is 69.4 Å². The standard InChI is InChI=1S/C16H15BrFNO/c1-11-9-12(7-8-15(11)18)16(20)19(2)10-13-5-3-4-6-14(13)17/h3-9H,10H2,1-2H3. The van der Waals surface area contributed by atoms with Crippen molar-refractivity contribution in [3.63, 3.8) is 0 Å². The number of nitrogens with zero attached hydrogens (tertiary/aromatic N) is 1. The predicted molar refractivity (Wildman–Crippen MR) is 81.1 cm³/mol. The summed E-state index contributed by atoms with van der Waals surface area (Å²) >= 11 is 3.46. The lowest BCUT2D eigenvalue weighted by atomic mass is 10.1. The second-order valence-electron chi connectivity index (χ2n) is 4.72. The van der Waals surface area contributed by atoms with Gasteiger partial charge >= 0.3 is 0 Å². The van der Waals surface area contributed by atoms with Gasteiger partial charge in [-0.1, -0.05) is 34.1 Å². The molecule has 0 fully saturated rings. The molecule has 20 heavy (non-hydrogen) atoms. The molecule has 104 valence electrons. The third-order valence-electron chi connectivity index (χ3n) is 3.12. The van der Waals surface area contributed by atoms with Crippen LogP contribution in [0.5, 0.6) is 0 Å². The van der Waals surface area contributed by atoms with E-state index < -0.39 is 0 Å². The SMILES string of the molecule is Cc1cc(C(=O)N(C)Cc2ccccc2Br)ccc1F. The lowest BCUT2D eigenvalue weighted by Gasteiger charge is -2.18. The summed E-state index contributed by atoms with van der Waals surface area (Å²) in [5.41, 5.74) is 2.01. The van der Waals surface area contributed by atoms with E-state index in [4.69, 9.17) is 0 Å². The van der Waals surface area contributed by atoms with E-state index in [2.05, 4.69) is 15.9 Å². The molecule has 4 heteroatoms. The Hall–Kier alpha value is -1.68. The fraction of sp³-hybridized carbons (Fsp3) is 0.188. The topological polar surface area (TPSA) is 20.3 Å². The van der Waals surface area contributed by atoms with Crippen LogP contribution in [0.2, 0.25) is 0 Å². The van der Waals surface area contributed by atoms with E-state index >= 15 is 0 Å². The van der Waals surface area contributed by atoms with Gasteiger partial charge in [0.25, 0.3) is 5.91 Å². The second-order valence-corrected chi connectivity index (χ2v) is 5.57. The van der Waals surface area contributed by atoms with E-state index in [1.165, 1.54) is 12.1 Å². The Labute approximate surface area is 126 Å². The van der Waals surface area contributed by atoms with Gasteiger partial charge in [0.05, 0.1) is 0 Å². The maximum atomic E-state index is 13.2. The molecular formula is C16H15BrFNO. The molecule has 0 aromatic heterocycles. The first-order chi connectivity index (χ1) is 9.49. The minimum absolute atomic E-state index is 0.121. The molecule has 0 aliphatic heterocycles. The van der Waals surface area contributed by atoms with Gasteiger partial charge in [-0.2, -0.15) is 0 Å². The average molecular weight is 336 g/mol. The van der Waals surface area contributed by atoms with Gasteiger partial charge in [0.1, 0.15) is 5.82 Å². The molecule has 0 aliphatic carbocycles. The molecule has 0 spiro atoms. The van der Waals surface area contributed by atoms with Crippen LogP contribution in [0.1, 0.15) is 21.5 Å². The van der Waals surface area contributed by atoms with Gasteiger partial charge in [-0.25, -0.2) is 4.39 Å². The lowest BCUT2D eigenvalue weighted by Crippen LogP contribution is -2.26. The number of hydrogen-bond acceptors (Lipinski definition) is 1. The van der Waals surface area contributed by atoms with Crippen molar-refractivity contribution in [1.82, 2.24) is 4.90 Å². The maximum Gasteiger partial charge on any atom is 0.253 e. The normalized spacial score (nSPS) is 10.4. The monoisotopic (exact) mass is 335 g/mol. The first-order valence-corrected chi connectivity index (χ1v) is 7.03. The zero-order valence-corrected chi connectivity index (χ0v) is 12.9. The molecule has 0 heterocycles. The Morgan fingerprint density at radius 2 is 1.95 bits per heavy atom. The lowest BCUT2D eigenvalue weighted by molar-refractivity contribution is 0.0784. The Morgan fingerprint density at radius 1 is 1.25 bits per heavy atom. The van der Waals surface area contributed by atoms with Crippen LogP contribution >= 0.6 is 15.9 Å². The molecule has 0 aliphatic rings. The fourth-order valence-electron chi connectivity index (χ4n) is 1.95. The molecule has 2 aromatic carbocycles. The summed E-state index contributed by atoms with van der Waals surface area (Å²) in [5, 5.41) is 0. The predicted octanol–water partition coefficient (Wildman–Crippen LogP) is 4.17. The van der Waals surface area contributed by atoms with Crippen LogP contribution in [0.4, 0.5) is 4.39 Å². The minimum atomic E-state index is -0.296. The summed E-state index contributed by atoms with van der Waals surface area (Å²) in [5.74, 6) is -0.418. The first-order valence-electron chi connectivity index (χ1n) is 6.24. The summed E-state index contributed by atoms with van der Waals surface area (Å²) in [6.07, 6.45) is 0. The van der Waals surface area contributed by atoms with Crippen LogP contribution in [0.25, 0.3) is 0 Å². The number of hydrogen-bond donors (Lipinski definition) is 0. The van der Waals surface area contributed by atoms with Gasteiger partial charge < -0.3 is 4.90 Å². The van der Waals surface area contributed by atoms with Crippen molar-refractivity contribution in [2.24, 2.45) is 0 Å². The highest BCUT2D eigenvalue weighted by Gasteiger charge is 2.14. The highest BCUT2D eigenvalue weighted by atomic mass is 79.9. The highest BCUT2D eigenvalue weighted by Crippen LogP contribution is 2.18. The third kappa shape index (κ3) is 3.25. The quantitative estimate of drug-likeness (QED) is 0.824. The number of amides is 1. The largest absolute Gasteiger partial charge is 0.337 e. The molecule has 0 saturated heterocycles. The van der Waals surface area contributed by atoms with Crippen molar-refractivity contribution < 1.29 is 9.18 Å². The van der Waals surface area contributed by atoms with Crippen molar-refractivity contribution in [2.75, 3.05) is 7.05 Å². The number of carbonyl (C=O) groups is 1. The Kier molecular flexibility index (Phi) is 4.55. The van der Waals surface area contributed by atoms with Gasteiger partial charge in [0, 0.05) is 23.6 Å². The van der Waals surface area contributed by atoms with Gasteiger partial charge in [0.2, 0.25) is 0 Å². The van der Waals surface area contributed by atoms with Gasteiger partial charge in [0.15, 0.2) is 0 Å². The first kappa shape index (κ1) is 14.7. The summed E-state index contributed by atoms with van der Waals surface area (Å²) in [6.45, 7) is 2.15. The van der Waals surface area contributed by atoms with E-state index in [0.29, 0.717) is 17.7 Å². The highest BCUT2D eigenvalue weighted by molar-refractivity contribution is 9.10. The Bertz CT molecular complexity index is 642. The van der Waals surface area contributed by atoms with E-state index in [1.807, 2.05) is 24.3 Å². The van der Waals surface area contributed by atoms with E-state index in [-0.39, 0.29) is 11.7 Å². The van der Waals surface area contributed by atoms with Crippen LogP contribution in [-0.2, 0) is 6.54 Å². The average Bonchev–Trinajstić information content (AvgIpc) is 2.43. The molecule has 0 unspecified atom stereocenters. The number of carbonyl (C=O) groups excluding carboxylic acids is 1.